The lowest BCUT2D eigenvalue weighted by molar-refractivity contribution is 0.454. The van der Waals surface area contributed by atoms with Crippen LogP contribution < -0.4 is 0 Å². The van der Waals surface area contributed by atoms with Gasteiger partial charge >= 0.3 is 0 Å². The van der Waals surface area contributed by atoms with E-state index < -0.39 is 0 Å². The lowest BCUT2D eigenvalue weighted by Gasteiger charge is -2.15. The zero-order valence-corrected chi connectivity index (χ0v) is 10.8. The van der Waals surface area contributed by atoms with Gasteiger partial charge in [0.1, 0.15) is 0 Å². The molecule has 100 valence electrons. The maximum Gasteiger partial charge on any atom is 0.177 e. The Morgan fingerprint density at radius 3 is 1.79 bits per heavy atom. The molecule has 2 atom stereocenters. The van der Waals surface area contributed by atoms with Gasteiger partial charge in [-0.25, -0.2) is 0 Å². The van der Waals surface area contributed by atoms with E-state index in [1.54, 1.807) is 0 Å². The number of nitrogens with zero attached hydrogens (tertiary/aromatic N) is 7. The quantitative estimate of drug-likeness (QED) is 0.775. The van der Waals surface area contributed by atoms with E-state index in [1.165, 1.54) is 0 Å². The summed E-state index contributed by atoms with van der Waals surface area (Å²) < 4.78 is 0. The smallest absolute Gasteiger partial charge is 0.177 e. The van der Waals surface area contributed by atoms with Gasteiger partial charge in [-0.3, -0.25) is 0 Å². The summed E-state index contributed by atoms with van der Waals surface area (Å²) in [6.45, 7) is 3.96. The third kappa shape index (κ3) is 3.31. The van der Waals surface area contributed by atoms with Crippen molar-refractivity contribution in [3.05, 3.63) is 11.6 Å². The number of hydrogen-bond acceptors (Lipinski definition) is 7. The zero-order chi connectivity index (χ0) is 13.7. The van der Waals surface area contributed by atoms with Crippen molar-refractivity contribution in [2.75, 3.05) is 0 Å². The summed E-state index contributed by atoms with van der Waals surface area (Å²) in [6.07, 6.45) is 1.36. The van der Waals surface area contributed by atoms with Crippen LogP contribution in [0.3, 0.4) is 0 Å². The molecule has 0 bridgehead atoms. The number of aromatic nitrogens is 8. The molecule has 0 amide bonds. The number of tetrazole rings is 2. The maximum absolute atomic E-state index is 9.24. The summed E-state index contributed by atoms with van der Waals surface area (Å²) in [6, 6.07) is 2.32. The second kappa shape index (κ2) is 5.99. The van der Waals surface area contributed by atoms with Gasteiger partial charge in [0, 0.05) is 17.8 Å². The van der Waals surface area contributed by atoms with Crippen LogP contribution in [0.4, 0.5) is 0 Å². The lowest BCUT2D eigenvalue weighted by atomic mass is 9.88. The fourth-order valence-corrected chi connectivity index (χ4v) is 2.02. The topological polar surface area (TPSA) is 133 Å². The van der Waals surface area contributed by atoms with Crippen LogP contribution in [0.15, 0.2) is 0 Å². The molecule has 0 aliphatic carbocycles. The van der Waals surface area contributed by atoms with Crippen LogP contribution in [-0.4, -0.2) is 41.2 Å². The van der Waals surface area contributed by atoms with E-state index in [0.29, 0.717) is 24.5 Å². The highest BCUT2D eigenvalue weighted by molar-refractivity contribution is 4.98. The van der Waals surface area contributed by atoms with E-state index >= 15 is 0 Å². The molecular formula is C10H15N9. The summed E-state index contributed by atoms with van der Waals surface area (Å²) in [7, 11) is 0. The maximum atomic E-state index is 9.24. The number of hydrogen-bond donors (Lipinski definition) is 2. The van der Waals surface area contributed by atoms with Crippen molar-refractivity contribution in [2.24, 2.45) is 5.92 Å². The zero-order valence-electron chi connectivity index (χ0n) is 10.8. The van der Waals surface area contributed by atoms with Crippen molar-refractivity contribution in [2.45, 2.75) is 38.5 Å². The van der Waals surface area contributed by atoms with Gasteiger partial charge in [0.2, 0.25) is 0 Å². The number of nitrogens with one attached hydrogen (secondary N) is 2. The molecule has 2 unspecified atom stereocenters. The molecule has 19 heavy (non-hydrogen) atoms. The van der Waals surface area contributed by atoms with Gasteiger partial charge in [-0.1, -0.05) is 24.3 Å². The highest BCUT2D eigenvalue weighted by atomic mass is 15.5. The van der Waals surface area contributed by atoms with Crippen LogP contribution in [0.1, 0.15) is 50.2 Å². The molecule has 0 aliphatic rings. The van der Waals surface area contributed by atoms with Crippen molar-refractivity contribution in [1.82, 2.24) is 41.2 Å². The summed E-state index contributed by atoms with van der Waals surface area (Å²) in [4.78, 5) is 0. The summed E-state index contributed by atoms with van der Waals surface area (Å²) >= 11 is 0. The van der Waals surface area contributed by atoms with Crippen molar-refractivity contribution in [3.8, 4) is 6.07 Å². The lowest BCUT2D eigenvalue weighted by Crippen LogP contribution is -2.09. The second-order valence-corrected chi connectivity index (χ2v) is 4.64. The van der Waals surface area contributed by atoms with E-state index in [-0.39, 0.29) is 17.8 Å². The second-order valence-electron chi connectivity index (χ2n) is 4.64. The first-order valence-electron chi connectivity index (χ1n) is 6.07. The van der Waals surface area contributed by atoms with Gasteiger partial charge in [-0.2, -0.15) is 15.7 Å². The average molecular weight is 261 g/mol. The number of H-pyrrole nitrogens is 2. The molecule has 2 aromatic heterocycles. The minimum atomic E-state index is -0.109. The minimum absolute atomic E-state index is 0.0841. The van der Waals surface area contributed by atoms with Crippen molar-refractivity contribution < 1.29 is 0 Å². The predicted molar refractivity (Wildman–Crippen MR) is 63.5 cm³/mol. The van der Waals surface area contributed by atoms with E-state index in [1.807, 2.05) is 13.8 Å². The summed E-state index contributed by atoms with van der Waals surface area (Å²) in [5, 5.41) is 36.9. The molecule has 2 rings (SSSR count). The normalized spacial score (nSPS) is 15.6. The Hall–Kier alpha value is -2.37. The highest BCUT2D eigenvalue weighted by Gasteiger charge is 2.21. The van der Waals surface area contributed by atoms with Gasteiger partial charge < -0.3 is 0 Å². The Kier molecular flexibility index (Phi) is 4.12. The van der Waals surface area contributed by atoms with Gasteiger partial charge in [0.25, 0.3) is 0 Å². The molecule has 0 saturated carbocycles. The van der Waals surface area contributed by atoms with E-state index in [2.05, 4.69) is 47.3 Å². The number of aromatic amines is 2. The van der Waals surface area contributed by atoms with Crippen molar-refractivity contribution >= 4 is 0 Å². The SMILES string of the molecule is CC(CC(C#N)CC(C)c1nn[nH]n1)c1nn[nH]n1. The molecule has 0 fully saturated rings. The van der Waals surface area contributed by atoms with Crippen LogP contribution in [0.5, 0.6) is 0 Å². The largest absolute Gasteiger partial charge is 0.198 e. The third-order valence-electron chi connectivity index (χ3n) is 3.06. The third-order valence-corrected chi connectivity index (χ3v) is 3.06. The first-order chi connectivity index (χ1) is 9.20. The van der Waals surface area contributed by atoms with Gasteiger partial charge in [-0.15, -0.1) is 20.4 Å². The predicted octanol–water partition coefficient (Wildman–Crippen LogP) is 0.540. The minimum Gasteiger partial charge on any atom is -0.198 e. The molecule has 0 saturated heterocycles. The van der Waals surface area contributed by atoms with E-state index in [9.17, 15) is 5.26 Å². The van der Waals surface area contributed by atoms with Crippen molar-refractivity contribution in [3.63, 3.8) is 0 Å². The summed E-state index contributed by atoms with van der Waals surface area (Å²) in [5.41, 5.74) is 0. The average Bonchev–Trinajstić information content (AvgIpc) is 3.09. The molecule has 2 N–H and O–H groups in total. The molecule has 0 radical (unpaired) electrons. The molecule has 0 aliphatic heterocycles. The Bertz CT molecular complexity index is 469. The van der Waals surface area contributed by atoms with E-state index in [4.69, 9.17) is 0 Å². The van der Waals surface area contributed by atoms with Crippen LogP contribution in [0.2, 0.25) is 0 Å². The van der Waals surface area contributed by atoms with Crippen LogP contribution in [-0.2, 0) is 0 Å². The molecular weight excluding hydrogens is 246 g/mol. The molecule has 0 spiro atoms. The Morgan fingerprint density at radius 2 is 1.47 bits per heavy atom. The standard InChI is InChI=1S/C10H15N9/c1-6(9-12-16-17-13-9)3-8(5-11)4-7(2)10-14-18-19-15-10/h6-8H,3-4H2,1-2H3,(H,12,13,16,17)(H,14,15,18,19). The van der Waals surface area contributed by atoms with Crippen LogP contribution >= 0.6 is 0 Å². The van der Waals surface area contributed by atoms with E-state index in [0.717, 1.165) is 0 Å². The molecule has 0 aromatic carbocycles. The Balaban J connectivity index is 1.92. The molecule has 2 aromatic rings. The highest BCUT2D eigenvalue weighted by Crippen LogP contribution is 2.27. The van der Waals surface area contributed by atoms with Gasteiger partial charge in [-0.05, 0) is 12.8 Å². The number of rotatable bonds is 6. The molecule has 2 heterocycles. The first-order valence-corrected chi connectivity index (χ1v) is 6.07. The van der Waals surface area contributed by atoms with Crippen LogP contribution in [0.25, 0.3) is 0 Å². The van der Waals surface area contributed by atoms with Crippen LogP contribution in [0, 0.1) is 17.2 Å². The molecule has 9 heteroatoms. The number of nitriles is 1. The first kappa shape index (κ1) is 13.1. The van der Waals surface area contributed by atoms with Crippen molar-refractivity contribution in [1.29, 1.82) is 5.26 Å². The monoisotopic (exact) mass is 261 g/mol. The molecule has 9 nitrogen and oxygen atoms in total. The Morgan fingerprint density at radius 1 is 1.00 bits per heavy atom. The summed E-state index contributed by atoms with van der Waals surface area (Å²) in [5.74, 6) is 1.32. The van der Waals surface area contributed by atoms with Gasteiger partial charge in [0.05, 0.1) is 6.07 Å². The Labute approximate surface area is 109 Å². The van der Waals surface area contributed by atoms with Gasteiger partial charge in [0.15, 0.2) is 11.6 Å². The fourth-order valence-electron chi connectivity index (χ4n) is 2.02. The fraction of sp³-hybridized carbons (Fsp3) is 0.700.